The van der Waals surface area contributed by atoms with E-state index in [9.17, 15) is 8.78 Å². The summed E-state index contributed by atoms with van der Waals surface area (Å²) in [7, 11) is 1.57. The van der Waals surface area contributed by atoms with Gasteiger partial charge in [-0.3, -0.25) is 0 Å². The Kier molecular flexibility index (Phi) is 6.01. The molecule has 3 rings (SSSR count). The minimum atomic E-state index is -0.606. The topological polar surface area (TPSA) is 9.23 Å². The van der Waals surface area contributed by atoms with Gasteiger partial charge in [-0.25, -0.2) is 8.78 Å². The van der Waals surface area contributed by atoms with Crippen LogP contribution in [0.2, 0.25) is 0 Å². The number of halogens is 2. The minimum Gasteiger partial charge on any atom is -0.495 e. The van der Waals surface area contributed by atoms with Crippen LogP contribution in [-0.2, 0) is 0 Å². The molecule has 0 aliphatic carbocycles. The number of rotatable bonds is 1. The van der Waals surface area contributed by atoms with Gasteiger partial charge in [0.1, 0.15) is 17.4 Å². The number of hydrogen-bond acceptors (Lipinski definition) is 1. The van der Waals surface area contributed by atoms with Crippen molar-refractivity contribution in [1.82, 2.24) is 0 Å². The van der Waals surface area contributed by atoms with E-state index in [4.69, 9.17) is 4.74 Å². The number of hydrogen-bond donors (Lipinski definition) is 0. The zero-order valence-corrected chi connectivity index (χ0v) is 16.8. The third-order valence-electron chi connectivity index (χ3n) is 4.56. The molecular formula is C26H20F2O. The van der Waals surface area contributed by atoms with Crippen LogP contribution in [0, 0.1) is 56.1 Å². The van der Waals surface area contributed by atoms with Crippen molar-refractivity contribution in [2.45, 2.75) is 20.8 Å². The van der Waals surface area contributed by atoms with Gasteiger partial charge >= 0.3 is 0 Å². The van der Waals surface area contributed by atoms with E-state index < -0.39 is 11.6 Å². The summed E-state index contributed by atoms with van der Waals surface area (Å²) < 4.78 is 32.9. The van der Waals surface area contributed by atoms with E-state index in [2.05, 4.69) is 23.7 Å². The largest absolute Gasteiger partial charge is 0.495 e. The molecule has 3 aromatic rings. The number of methoxy groups -OCH3 is 1. The highest BCUT2D eigenvalue weighted by molar-refractivity contribution is 5.57. The van der Waals surface area contributed by atoms with Gasteiger partial charge in [-0.05, 0) is 62.7 Å². The molecule has 0 unspecified atom stereocenters. The lowest BCUT2D eigenvalue weighted by Crippen LogP contribution is -1.93. The zero-order valence-electron chi connectivity index (χ0n) is 16.8. The van der Waals surface area contributed by atoms with Crippen molar-refractivity contribution in [2.24, 2.45) is 0 Å². The Morgan fingerprint density at radius 1 is 0.690 bits per heavy atom. The maximum Gasteiger partial charge on any atom is 0.135 e. The molecule has 0 aliphatic rings. The van der Waals surface area contributed by atoms with Crippen molar-refractivity contribution in [3.63, 3.8) is 0 Å². The van der Waals surface area contributed by atoms with Crippen LogP contribution in [0.3, 0.4) is 0 Å². The van der Waals surface area contributed by atoms with Crippen LogP contribution >= 0.6 is 0 Å². The van der Waals surface area contributed by atoms with E-state index in [1.165, 1.54) is 24.6 Å². The molecule has 144 valence electrons. The highest BCUT2D eigenvalue weighted by atomic mass is 19.1. The van der Waals surface area contributed by atoms with Crippen molar-refractivity contribution < 1.29 is 13.5 Å². The first-order chi connectivity index (χ1) is 13.9. The normalized spacial score (nSPS) is 9.86. The van der Waals surface area contributed by atoms with E-state index in [1.54, 1.807) is 13.2 Å². The second-order valence-electron chi connectivity index (χ2n) is 6.80. The van der Waals surface area contributed by atoms with Gasteiger partial charge in [-0.15, -0.1) is 0 Å². The molecule has 0 radical (unpaired) electrons. The fraction of sp³-hybridized carbons (Fsp3) is 0.154. The number of ether oxygens (including phenoxy) is 1. The molecular weight excluding hydrogens is 366 g/mol. The van der Waals surface area contributed by atoms with Crippen LogP contribution in [0.5, 0.6) is 5.75 Å². The molecule has 1 nitrogen and oxygen atoms in total. The molecule has 29 heavy (non-hydrogen) atoms. The molecule has 0 aliphatic heterocycles. The van der Waals surface area contributed by atoms with Gasteiger partial charge in [-0.2, -0.15) is 0 Å². The summed E-state index contributed by atoms with van der Waals surface area (Å²) in [5.74, 6) is 11.5. The summed E-state index contributed by atoms with van der Waals surface area (Å²) in [6.07, 6.45) is 0. The quantitative estimate of drug-likeness (QED) is 0.488. The maximum absolute atomic E-state index is 13.7. The van der Waals surface area contributed by atoms with Crippen LogP contribution in [0.4, 0.5) is 8.78 Å². The molecule has 3 heteroatoms. The average molecular weight is 386 g/mol. The summed E-state index contributed by atoms with van der Waals surface area (Å²) >= 11 is 0. The lowest BCUT2D eigenvalue weighted by atomic mass is 10.0. The van der Waals surface area contributed by atoms with Crippen LogP contribution in [0.1, 0.15) is 38.9 Å². The van der Waals surface area contributed by atoms with Gasteiger partial charge in [0, 0.05) is 22.3 Å². The molecule has 0 spiro atoms. The lowest BCUT2D eigenvalue weighted by molar-refractivity contribution is 0.413. The summed E-state index contributed by atoms with van der Waals surface area (Å²) in [6.45, 7) is 5.34. The molecule has 0 heterocycles. The molecule has 3 aromatic carbocycles. The van der Waals surface area contributed by atoms with Gasteiger partial charge < -0.3 is 4.74 Å². The van der Waals surface area contributed by atoms with Crippen molar-refractivity contribution in [3.05, 3.63) is 99.1 Å². The lowest BCUT2D eigenvalue weighted by Gasteiger charge is -2.07. The number of benzene rings is 3. The second kappa shape index (κ2) is 8.63. The Morgan fingerprint density at radius 3 is 1.90 bits per heavy atom. The summed E-state index contributed by atoms with van der Waals surface area (Å²) in [4.78, 5) is 0. The SMILES string of the molecule is COc1cc(C#Cc2cc(F)c(C)c(F)c2)c(C)cc1C#Cc1ccc(C)cc1. The van der Waals surface area contributed by atoms with Crippen molar-refractivity contribution >= 4 is 0 Å². The first-order valence-electron chi connectivity index (χ1n) is 9.12. The van der Waals surface area contributed by atoms with Gasteiger partial charge in [-0.1, -0.05) is 41.4 Å². The monoisotopic (exact) mass is 386 g/mol. The number of aryl methyl sites for hydroxylation is 2. The fourth-order valence-corrected chi connectivity index (χ4v) is 2.72. The van der Waals surface area contributed by atoms with Gasteiger partial charge in [0.2, 0.25) is 0 Å². The first kappa shape index (κ1) is 20.2. The summed E-state index contributed by atoms with van der Waals surface area (Å²) in [5, 5.41) is 0. The predicted molar refractivity (Wildman–Crippen MR) is 112 cm³/mol. The van der Waals surface area contributed by atoms with Crippen molar-refractivity contribution in [2.75, 3.05) is 7.11 Å². The van der Waals surface area contributed by atoms with Crippen LogP contribution in [0.25, 0.3) is 0 Å². The molecule has 0 fully saturated rings. The zero-order chi connectivity index (χ0) is 21.0. The van der Waals surface area contributed by atoms with E-state index in [1.807, 2.05) is 44.2 Å². The van der Waals surface area contributed by atoms with Gasteiger partial charge in [0.15, 0.2) is 0 Å². The van der Waals surface area contributed by atoms with E-state index in [0.29, 0.717) is 11.3 Å². The first-order valence-corrected chi connectivity index (χ1v) is 9.12. The minimum absolute atomic E-state index is 0.00935. The molecule has 0 amide bonds. The maximum atomic E-state index is 13.7. The van der Waals surface area contributed by atoms with E-state index in [-0.39, 0.29) is 11.1 Å². The Bertz CT molecular complexity index is 1160. The Hall–Kier alpha value is -3.56. The third kappa shape index (κ3) is 4.84. The Morgan fingerprint density at radius 2 is 1.28 bits per heavy atom. The summed E-state index contributed by atoms with van der Waals surface area (Å²) in [5.41, 5.74) is 4.74. The van der Waals surface area contributed by atoms with Crippen molar-refractivity contribution in [3.8, 4) is 29.4 Å². The van der Waals surface area contributed by atoms with Crippen LogP contribution < -0.4 is 4.74 Å². The van der Waals surface area contributed by atoms with E-state index in [0.717, 1.165) is 16.7 Å². The highest BCUT2D eigenvalue weighted by Crippen LogP contribution is 2.23. The van der Waals surface area contributed by atoms with Gasteiger partial charge in [0.05, 0.1) is 12.7 Å². The highest BCUT2D eigenvalue weighted by Gasteiger charge is 2.07. The molecule has 0 N–H and O–H groups in total. The smallest absolute Gasteiger partial charge is 0.135 e. The average Bonchev–Trinajstić information content (AvgIpc) is 2.70. The van der Waals surface area contributed by atoms with Crippen LogP contribution in [0.15, 0.2) is 48.5 Å². The molecule has 0 bridgehead atoms. The standard InChI is InChI=1S/C26H20F2O/c1-17-5-7-20(8-6-17)9-12-23-13-18(2)22(16-26(23)29-4)11-10-21-14-24(27)19(3)25(28)15-21/h5-8,13-16H,1-4H3. The Balaban J connectivity index is 1.95. The second-order valence-corrected chi connectivity index (χ2v) is 6.80. The van der Waals surface area contributed by atoms with Crippen molar-refractivity contribution in [1.29, 1.82) is 0 Å². The fourth-order valence-electron chi connectivity index (χ4n) is 2.72. The predicted octanol–water partition coefficient (Wildman–Crippen LogP) is 5.70. The molecule has 0 atom stereocenters. The molecule has 0 saturated carbocycles. The van der Waals surface area contributed by atoms with Crippen LogP contribution in [-0.4, -0.2) is 7.11 Å². The molecule has 0 saturated heterocycles. The molecule has 0 aromatic heterocycles. The van der Waals surface area contributed by atoms with Gasteiger partial charge in [0.25, 0.3) is 0 Å². The van der Waals surface area contributed by atoms with E-state index >= 15 is 0 Å². The third-order valence-corrected chi connectivity index (χ3v) is 4.56. The Labute approximate surface area is 170 Å². The summed E-state index contributed by atoms with van der Waals surface area (Å²) in [6, 6.07) is 14.1.